The molecule has 0 unspecified atom stereocenters. The zero-order chi connectivity index (χ0) is 11.8. The summed E-state index contributed by atoms with van der Waals surface area (Å²) in [4.78, 5) is 8.75. The Morgan fingerprint density at radius 2 is 1.87 bits per heavy atom. The van der Waals surface area contributed by atoms with Crippen LogP contribution < -0.4 is 0 Å². The maximum Gasteiger partial charge on any atom is 0.296 e. The van der Waals surface area contributed by atoms with Crippen molar-refractivity contribution >= 4 is 39.0 Å². The molecule has 0 aliphatic carbocycles. The molecule has 0 radical (unpaired) electrons. The highest BCUT2D eigenvalue weighted by Crippen LogP contribution is 2.34. The van der Waals surface area contributed by atoms with Gasteiger partial charge in [0.05, 0.1) is 4.92 Å². The number of nitro benzene ring substituents is 1. The minimum absolute atomic E-state index is 0.210. The lowest BCUT2D eigenvalue weighted by molar-refractivity contribution is -0.384. The van der Waals surface area contributed by atoms with E-state index in [0.717, 1.165) is 12.1 Å². The maximum atomic E-state index is 10.8. The van der Waals surface area contributed by atoms with Crippen LogP contribution in [0.4, 0.5) is 5.69 Å². The normalized spacial score (nSPS) is 11.4. The molecule has 1 N–H and O–H groups in total. The van der Waals surface area contributed by atoms with Crippen molar-refractivity contribution in [1.29, 1.82) is 0 Å². The van der Waals surface area contributed by atoms with Crippen molar-refractivity contribution in [2.75, 3.05) is 0 Å². The molecule has 1 rings (SSSR count). The first kappa shape index (κ1) is 12.2. The molecule has 0 atom stereocenters. The number of rotatable bonds is 2. The minimum atomic E-state index is -4.63. The second kappa shape index (κ2) is 3.93. The van der Waals surface area contributed by atoms with Crippen LogP contribution in [-0.2, 0) is 10.1 Å². The summed E-state index contributed by atoms with van der Waals surface area (Å²) < 4.78 is 30.2. The molecule has 0 aliphatic heterocycles. The molecule has 1 aromatic carbocycles. The highest BCUT2D eigenvalue weighted by Gasteiger charge is 2.24. The van der Waals surface area contributed by atoms with E-state index in [1.54, 1.807) is 0 Å². The molecule has 6 nitrogen and oxygen atoms in total. The summed E-state index contributed by atoms with van der Waals surface area (Å²) in [7, 11) is -4.63. The topological polar surface area (TPSA) is 97.5 Å². The minimum Gasteiger partial charge on any atom is -0.282 e. The molecule has 15 heavy (non-hydrogen) atoms. The van der Waals surface area contributed by atoms with Gasteiger partial charge in [0, 0.05) is 11.1 Å². The molecule has 0 heterocycles. The van der Waals surface area contributed by atoms with Gasteiger partial charge >= 0.3 is 0 Å². The Bertz CT molecular complexity index is 527. The molecule has 0 saturated heterocycles. The SMILES string of the molecule is O=[N+]([O-])c1cc(Cl)cc(S(=O)(=O)O)c1Cl. The fraction of sp³-hybridized carbons (Fsp3) is 0. The van der Waals surface area contributed by atoms with Crippen molar-refractivity contribution in [2.24, 2.45) is 0 Å². The van der Waals surface area contributed by atoms with E-state index >= 15 is 0 Å². The van der Waals surface area contributed by atoms with Gasteiger partial charge in [-0.25, -0.2) is 0 Å². The first-order valence-electron chi connectivity index (χ1n) is 3.34. The van der Waals surface area contributed by atoms with Crippen molar-refractivity contribution < 1.29 is 17.9 Å². The average Bonchev–Trinajstić information content (AvgIpc) is 2.06. The summed E-state index contributed by atoms with van der Waals surface area (Å²) in [6, 6.07) is 1.71. The van der Waals surface area contributed by atoms with Gasteiger partial charge in [-0.3, -0.25) is 14.7 Å². The number of nitrogens with zero attached hydrogens (tertiary/aromatic N) is 1. The van der Waals surface area contributed by atoms with Crippen molar-refractivity contribution in [1.82, 2.24) is 0 Å². The zero-order valence-electron chi connectivity index (χ0n) is 6.85. The molecule has 0 bridgehead atoms. The van der Waals surface area contributed by atoms with Gasteiger partial charge in [-0.1, -0.05) is 23.2 Å². The molecule has 9 heteroatoms. The monoisotopic (exact) mass is 271 g/mol. The summed E-state index contributed by atoms with van der Waals surface area (Å²) >= 11 is 10.9. The lowest BCUT2D eigenvalue weighted by Crippen LogP contribution is -2.01. The van der Waals surface area contributed by atoms with E-state index in [0.29, 0.717) is 0 Å². The first-order chi connectivity index (χ1) is 6.73. The Morgan fingerprint density at radius 1 is 1.33 bits per heavy atom. The van der Waals surface area contributed by atoms with E-state index in [1.165, 1.54) is 0 Å². The second-order valence-corrected chi connectivity index (χ2v) is 4.67. The summed E-state index contributed by atoms with van der Waals surface area (Å²) in [5.41, 5.74) is -0.684. The highest BCUT2D eigenvalue weighted by atomic mass is 35.5. The Kier molecular flexibility index (Phi) is 3.19. The Balaban J connectivity index is 3.63. The third-order valence-corrected chi connectivity index (χ3v) is 3.06. The first-order valence-corrected chi connectivity index (χ1v) is 5.54. The van der Waals surface area contributed by atoms with E-state index < -0.39 is 30.6 Å². The van der Waals surface area contributed by atoms with Crippen LogP contribution in [0.15, 0.2) is 17.0 Å². The highest BCUT2D eigenvalue weighted by molar-refractivity contribution is 7.86. The Morgan fingerprint density at radius 3 is 2.27 bits per heavy atom. The quantitative estimate of drug-likeness (QED) is 0.505. The third-order valence-electron chi connectivity index (χ3n) is 1.46. The van der Waals surface area contributed by atoms with Crippen molar-refractivity contribution in [3.05, 3.63) is 32.3 Å². The molecule has 0 amide bonds. The van der Waals surface area contributed by atoms with Gasteiger partial charge in [-0.15, -0.1) is 0 Å². The molecular formula is C6H3Cl2NO5S. The van der Waals surface area contributed by atoms with Crippen LogP contribution in [0.2, 0.25) is 10.0 Å². The standard InChI is InChI=1S/C6H3Cl2NO5S/c7-3-1-4(9(10)11)6(8)5(2-3)15(12,13)14/h1-2H,(H,12,13,14). The second-order valence-electron chi connectivity index (χ2n) is 2.47. The maximum absolute atomic E-state index is 10.8. The number of halogens is 2. The van der Waals surface area contributed by atoms with Crippen molar-refractivity contribution in [3.63, 3.8) is 0 Å². The van der Waals surface area contributed by atoms with Crippen molar-refractivity contribution in [3.8, 4) is 0 Å². The van der Waals surface area contributed by atoms with Gasteiger partial charge in [-0.2, -0.15) is 8.42 Å². The number of nitro groups is 1. The van der Waals surface area contributed by atoms with Crippen molar-refractivity contribution in [2.45, 2.75) is 4.90 Å². The predicted molar refractivity (Wildman–Crippen MR) is 52.9 cm³/mol. The molecule has 0 aliphatic rings. The van der Waals surface area contributed by atoms with Crippen LogP contribution in [0.25, 0.3) is 0 Å². The molecule has 82 valence electrons. The zero-order valence-corrected chi connectivity index (χ0v) is 9.17. The van der Waals surface area contributed by atoms with Crippen LogP contribution in [0.3, 0.4) is 0 Å². The molecule has 0 saturated carbocycles. The van der Waals surface area contributed by atoms with Gasteiger partial charge in [-0.05, 0) is 6.07 Å². The lowest BCUT2D eigenvalue weighted by Gasteiger charge is -2.02. The Hall–Kier alpha value is -0.890. The summed E-state index contributed by atoms with van der Waals surface area (Å²) in [5.74, 6) is 0. The fourth-order valence-electron chi connectivity index (χ4n) is 0.871. The van der Waals surface area contributed by atoms with Gasteiger partial charge in [0.1, 0.15) is 9.92 Å². The molecule has 1 aromatic rings. The largest absolute Gasteiger partial charge is 0.296 e. The third kappa shape index (κ3) is 2.57. The lowest BCUT2D eigenvalue weighted by atomic mass is 10.3. The number of benzene rings is 1. The number of hydrogen-bond donors (Lipinski definition) is 1. The number of hydrogen-bond acceptors (Lipinski definition) is 4. The summed E-state index contributed by atoms with van der Waals surface area (Å²) in [5, 5.41) is 9.56. The van der Waals surface area contributed by atoms with E-state index in [2.05, 4.69) is 0 Å². The van der Waals surface area contributed by atoms with E-state index in [-0.39, 0.29) is 5.02 Å². The van der Waals surface area contributed by atoms with Crippen LogP contribution in [-0.4, -0.2) is 17.9 Å². The average molecular weight is 272 g/mol. The van der Waals surface area contributed by atoms with Gasteiger partial charge in [0.2, 0.25) is 0 Å². The van der Waals surface area contributed by atoms with E-state index in [4.69, 9.17) is 27.8 Å². The molecule has 0 fully saturated rings. The van der Waals surface area contributed by atoms with Gasteiger partial charge < -0.3 is 0 Å². The van der Waals surface area contributed by atoms with Crippen LogP contribution in [0.1, 0.15) is 0 Å². The molecular weight excluding hydrogens is 269 g/mol. The predicted octanol–water partition coefficient (Wildman–Crippen LogP) is 2.15. The Labute approximate surface area is 94.3 Å². The summed E-state index contributed by atoms with van der Waals surface area (Å²) in [6.07, 6.45) is 0. The van der Waals surface area contributed by atoms with Gasteiger partial charge in [0.15, 0.2) is 0 Å². The van der Waals surface area contributed by atoms with E-state index in [9.17, 15) is 18.5 Å². The fourth-order valence-corrected chi connectivity index (χ4v) is 2.23. The molecule has 0 spiro atoms. The van der Waals surface area contributed by atoms with Crippen LogP contribution in [0, 0.1) is 10.1 Å². The summed E-state index contributed by atoms with van der Waals surface area (Å²) in [6.45, 7) is 0. The van der Waals surface area contributed by atoms with Gasteiger partial charge in [0.25, 0.3) is 15.8 Å². The van der Waals surface area contributed by atoms with E-state index in [1.807, 2.05) is 0 Å². The van der Waals surface area contributed by atoms with Crippen LogP contribution >= 0.6 is 23.2 Å². The molecule has 0 aromatic heterocycles. The van der Waals surface area contributed by atoms with Crippen LogP contribution in [0.5, 0.6) is 0 Å². The smallest absolute Gasteiger partial charge is 0.282 e.